The Morgan fingerprint density at radius 2 is 1.73 bits per heavy atom. The Morgan fingerprint density at radius 3 is 2.58 bits per heavy atom. The van der Waals surface area contributed by atoms with E-state index in [2.05, 4.69) is 39.0 Å². The molecule has 172 valence electrons. The van der Waals surface area contributed by atoms with Crippen molar-refractivity contribution in [2.75, 3.05) is 49.1 Å². The molecule has 0 saturated carbocycles. The Morgan fingerprint density at radius 1 is 0.909 bits per heavy atom. The summed E-state index contributed by atoms with van der Waals surface area (Å²) in [6, 6.07) is 10.5. The lowest BCUT2D eigenvalue weighted by Gasteiger charge is -2.40. The first-order chi connectivity index (χ1) is 16.3. The van der Waals surface area contributed by atoms with E-state index in [1.165, 1.54) is 29.8 Å². The third kappa shape index (κ3) is 3.83. The van der Waals surface area contributed by atoms with Crippen LogP contribution >= 0.6 is 0 Å². The number of anilines is 2. The molecule has 1 aliphatic carbocycles. The van der Waals surface area contributed by atoms with E-state index in [4.69, 9.17) is 10.1 Å². The van der Waals surface area contributed by atoms with Gasteiger partial charge in [-0.15, -0.1) is 0 Å². The number of piperidine rings is 1. The van der Waals surface area contributed by atoms with Crippen molar-refractivity contribution >= 4 is 22.9 Å². The molecule has 2 fully saturated rings. The maximum Gasteiger partial charge on any atom is 0.227 e. The van der Waals surface area contributed by atoms with Gasteiger partial charge in [0.05, 0.1) is 11.6 Å². The van der Waals surface area contributed by atoms with Gasteiger partial charge in [0.1, 0.15) is 5.52 Å². The largest absolute Gasteiger partial charge is 0.368 e. The SMILES string of the molecule is O=C([C@H]1CCCN(c2nccn3nc4c(c23)CCCC4)C1)N1CCN(c2ccccc2)CC1. The van der Waals surface area contributed by atoms with Crippen molar-refractivity contribution in [2.45, 2.75) is 38.5 Å². The summed E-state index contributed by atoms with van der Waals surface area (Å²) >= 11 is 0. The first-order valence-corrected chi connectivity index (χ1v) is 12.5. The highest BCUT2D eigenvalue weighted by Gasteiger charge is 2.33. The van der Waals surface area contributed by atoms with Crippen molar-refractivity contribution in [1.82, 2.24) is 19.5 Å². The minimum Gasteiger partial charge on any atom is -0.368 e. The van der Waals surface area contributed by atoms with E-state index in [9.17, 15) is 4.79 Å². The van der Waals surface area contributed by atoms with Crippen LogP contribution in [0.5, 0.6) is 0 Å². The van der Waals surface area contributed by atoms with Crippen LogP contribution in [0.4, 0.5) is 11.5 Å². The maximum atomic E-state index is 13.5. The third-order valence-electron chi connectivity index (χ3n) is 7.58. The van der Waals surface area contributed by atoms with Gasteiger partial charge in [-0.05, 0) is 50.7 Å². The van der Waals surface area contributed by atoms with E-state index < -0.39 is 0 Å². The number of piperazine rings is 1. The molecule has 33 heavy (non-hydrogen) atoms. The lowest BCUT2D eigenvalue weighted by molar-refractivity contribution is -0.136. The van der Waals surface area contributed by atoms with E-state index in [1.807, 2.05) is 23.0 Å². The van der Waals surface area contributed by atoms with Crippen molar-refractivity contribution in [2.24, 2.45) is 5.92 Å². The number of para-hydroxylation sites is 1. The Balaban J connectivity index is 1.17. The van der Waals surface area contributed by atoms with Gasteiger partial charge in [-0.2, -0.15) is 5.10 Å². The van der Waals surface area contributed by atoms with E-state index in [-0.39, 0.29) is 5.92 Å². The van der Waals surface area contributed by atoms with Crippen LogP contribution in [0.25, 0.3) is 5.52 Å². The van der Waals surface area contributed by atoms with Crippen LogP contribution in [0, 0.1) is 5.92 Å². The summed E-state index contributed by atoms with van der Waals surface area (Å²) in [6.07, 6.45) is 10.4. The summed E-state index contributed by atoms with van der Waals surface area (Å²) < 4.78 is 2.02. The van der Waals surface area contributed by atoms with Gasteiger partial charge in [-0.3, -0.25) is 4.79 Å². The molecule has 6 rings (SSSR count). The van der Waals surface area contributed by atoms with Crippen molar-refractivity contribution < 1.29 is 4.79 Å². The van der Waals surface area contributed by atoms with Crippen molar-refractivity contribution in [3.8, 4) is 0 Å². The minimum atomic E-state index is 0.0443. The Bertz CT molecular complexity index is 1130. The second-order valence-electron chi connectivity index (χ2n) is 9.61. The van der Waals surface area contributed by atoms with E-state index >= 15 is 0 Å². The third-order valence-corrected chi connectivity index (χ3v) is 7.58. The number of carbonyl (C=O) groups excluding carboxylic acids is 1. The number of nitrogens with zero attached hydrogens (tertiary/aromatic N) is 6. The van der Waals surface area contributed by atoms with E-state index in [0.717, 1.165) is 76.3 Å². The molecule has 0 bridgehead atoms. The van der Waals surface area contributed by atoms with E-state index in [0.29, 0.717) is 5.91 Å². The normalized spacial score (nSPS) is 21.3. The first-order valence-electron chi connectivity index (χ1n) is 12.5. The maximum absolute atomic E-state index is 13.5. The molecule has 1 amide bonds. The van der Waals surface area contributed by atoms with Gasteiger partial charge in [0, 0.05) is 62.9 Å². The van der Waals surface area contributed by atoms with Gasteiger partial charge in [0.25, 0.3) is 0 Å². The molecule has 3 aromatic rings. The lowest BCUT2D eigenvalue weighted by Crippen LogP contribution is -2.52. The summed E-state index contributed by atoms with van der Waals surface area (Å²) in [5.41, 5.74) is 5.01. The molecule has 1 aromatic carbocycles. The topological polar surface area (TPSA) is 57.0 Å². The second-order valence-corrected chi connectivity index (χ2v) is 9.61. The van der Waals surface area contributed by atoms with Gasteiger partial charge in [0.15, 0.2) is 5.82 Å². The predicted octanol–water partition coefficient (Wildman–Crippen LogP) is 3.17. The smallest absolute Gasteiger partial charge is 0.227 e. The van der Waals surface area contributed by atoms with Gasteiger partial charge >= 0.3 is 0 Å². The minimum absolute atomic E-state index is 0.0443. The number of aryl methyl sites for hydroxylation is 2. The molecule has 7 heteroatoms. The summed E-state index contributed by atoms with van der Waals surface area (Å²) in [7, 11) is 0. The highest BCUT2D eigenvalue weighted by molar-refractivity contribution is 5.81. The lowest BCUT2D eigenvalue weighted by atomic mass is 9.94. The number of hydrogen-bond donors (Lipinski definition) is 0. The predicted molar refractivity (Wildman–Crippen MR) is 130 cm³/mol. The number of benzene rings is 1. The van der Waals surface area contributed by atoms with Crippen molar-refractivity contribution in [3.63, 3.8) is 0 Å². The van der Waals surface area contributed by atoms with E-state index in [1.54, 1.807) is 0 Å². The quantitative estimate of drug-likeness (QED) is 0.621. The molecule has 3 aliphatic rings. The molecule has 2 aromatic heterocycles. The Labute approximate surface area is 195 Å². The molecule has 0 N–H and O–H groups in total. The van der Waals surface area contributed by atoms with Crippen LogP contribution in [0.3, 0.4) is 0 Å². The van der Waals surface area contributed by atoms with Gasteiger partial charge in [-0.25, -0.2) is 9.50 Å². The monoisotopic (exact) mass is 444 g/mol. The number of carbonyl (C=O) groups is 1. The number of fused-ring (bicyclic) bond motifs is 3. The zero-order valence-electron chi connectivity index (χ0n) is 19.2. The van der Waals surface area contributed by atoms with Crippen LogP contribution in [0.2, 0.25) is 0 Å². The Kier molecular flexibility index (Phi) is 5.40. The molecule has 0 radical (unpaired) electrons. The average molecular weight is 445 g/mol. The summed E-state index contributed by atoms with van der Waals surface area (Å²) in [4.78, 5) is 25.1. The number of hydrogen-bond acceptors (Lipinski definition) is 5. The fraction of sp³-hybridized carbons (Fsp3) is 0.500. The van der Waals surface area contributed by atoms with Crippen molar-refractivity contribution in [3.05, 3.63) is 54.0 Å². The fourth-order valence-corrected chi connectivity index (χ4v) is 5.83. The highest BCUT2D eigenvalue weighted by Crippen LogP contribution is 2.32. The standard InChI is InChI=1S/C26H32N6O/c33-26(30-17-15-29(16-18-30)21-8-2-1-3-9-21)20-7-6-13-31(19-20)25-24-22-10-4-5-11-23(22)28-32(24)14-12-27-25/h1-3,8-9,12,14,20H,4-7,10-11,13,15-19H2/t20-/m0/s1. The zero-order valence-corrected chi connectivity index (χ0v) is 19.2. The van der Waals surface area contributed by atoms with Crippen LogP contribution in [0.1, 0.15) is 36.9 Å². The summed E-state index contributed by atoms with van der Waals surface area (Å²) in [5, 5.41) is 4.84. The molecule has 7 nitrogen and oxygen atoms in total. The Hall–Kier alpha value is -3.09. The number of aromatic nitrogens is 3. The van der Waals surface area contributed by atoms with Crippen LogP contribution in [0.15, 0.2) is 42.7 Å². The summed E-state index contributed by atoms with van der Waals surface area (Å²) in [5.74, 6) is 1.37. The van der Waals surface area contributed by atoms with Gasteiger partial charge < -0.3 is 14.7 Å². The molecule has 0 spiro atoms. The molecular weight excluding hydrogens is 412 g/mol. The second kappa shape index (κ2) is 8.69. The summed E-state index contributed by atoms with van der Waals surface area (Å²) in [6.45, 7) is 5.11. The molecular formula is C26H32N6O. The zero-order chi connectivity index (χ0) is 22.2. The molecule has 4 heterocycles. The first kappa shape index (κ1) is 20.5. The number of amides is 1. The molecule has 1 atom stereocenters. The van der Waals surface area contributed by atoms with Crippen molar-refractivity contribution in [1.29, 1.82) is 0 Å². The van der Waals surface area contributed by atoms with Gasteiger partial charge in [-0.1, -0.05) is 18.2 Å². The van der Waals surface area contributed by atoms with Crippen LogP contribution in [-0.2, 0) is 17.6 Å². The number of rotatable bonds is 3. The molecule has 2 aliphatic heterocycles. The highest BCUT2D eigenvalue weighted by atomic mass is 16.2. The van der Waals surface area contributed by atoms with Crippen LogP contribution < -0.4 is 9.80 Å². The molecule has 2 saturated heterocycles. The fourth-order valence-electron chi connectivity index (χ4n) is 5.83. The van der Waals surface area contributed by atoms with Gasteiger partial charge in [0.2, 0.25) is 5.91 Å². The molecule has 0 unspecified atom stereocenters. The van der Waals surface area contributed by atoms with Crippen LogP contribution in [-0.4, -0.2) is 64.7 Å². The average Bonchev–Trinajstić information content (AvgIpc) is 3.28.